The second kappa shape index (κ2) is 11.1. The van der Waals surface area contributed by atoms with Gasteiger partial charge in [0, 0.05) is 29.9 Å². The lowest BCUT2D eigenvalue weighted by molar-refractivity contribution is -0.145. The number of halogens is 1. The molecule has 0 aliphatic heterocycles. The Labute approximate surface area is 192 Å². The molecule has 1 N–H and O–H groups in total. The van der Waals surface area contributed by atoms with E-state index in [-0.39, 0.29) is 24.0 Å². The molecule has 1 heterocycles. The highest BCUT2D eigenvalue weighted by Crippen LogP contribution is 2.26. The summed E-state index contributed by atoms with van der Waals surface area (Å²) in [5.41, 5.74) is 1.71. The SMILES string of the molecule is CCOC(=O)COc1ccc(C(CNS(=O)(=O)c2ccc(Cl)cc2)c2cccnc2)cc1. The van der Waals surface area contributed by atoms with Crippen LogP contribution in [0.4, 0.5) is 0 Å². The van der Waals surface area contributed by atoms with Crippen LogP contribution in [0.2, 0.25) is 5.02 Å². The molecule has 0 saturated heterocycles. The van der Waals surface area contributed by atoms with Gasteiger partial charge in [-0.3, -0.25) is 4.98 Å². The van der Waals surface area contributed by atoms with Gasteiger partial charge in [-0.15, -0.1) is 0 Å². The number of rotatable bonds is 10. The summed E-state index contributed by atoms with van der Waals surface area (Å²) in [5, 5.41) is 0.461. The fraction of sp³-hybridized carbons (Fsp3) is 0.217. The van der Waals surface area contributed by atoms with E-state index in [0.717, 1.165) is 11.1 Å². The zero-order valence-electron chi connectivity index (χ0n) is 17.4. The Morgan fingerprint density at radius 1 is 1.06 bits per heavy atom. The summed E-state index contributed by atoms with van der Waals surface area (Å²) in [5.74, 6) is -0.222. The van der Waals surface area contributed by atoms with Gasteiger partial charge in [0.1, 0.15) is 5.75 Å². The minimum atomic E-state index is -3.73. The van der Waals surface area contributed by atoms with Crippen LogP contribution in [0.5, 0.6) is 5.75 Å². The summed E-state index contributed by atoms with van der Waals surface area (Å²) in [7, 11) is -3.73. The molecule has 0 spiro atoms. The van der Waals surface area contributed by atoms with Crippen LogP contribution in [0.1, 0.15) is 24.0 Å². The largest absolute Gasteiger partial charge is 0.482 e. The molecule has 168 valence electrons. The number of sulfonamides is 1. The van der Waals surface area contributed by atoms with Gasteiger partial charge < -0.3 is 9.47 Å². The first-order valence-corrected chi connectivity index (χ1v) is 11.8. The fourth-order valence-corrected chi connectivity index (χ4v) is 4.21. The number of benzene rings is 2. The molecule has 2 aromatic carbocycles. The minimum Gasteiger partial charge on any atom is -0.482 e. The highest BCUT2D eigenvalue weighted by Gasteiger charge is 2.20. The number of esters is 1. The highest BCUT2D eigenvalue weighted by molar-refractivity contribution is 7.89. The Hall–Kier alpha value is -2.94. The number of nitrogens with zero attached hydrogens (tertiary/aromatic N) is 1. The van der Waals surface area contributed by atoms with Crippen molar-refractivity contribution in [3.8, 4) is 5.75 Å². The third-order valence-corrected chi connectivity index (χ3v) is 6.32. The molecule has 3 aromatic rings. The number of carbonyl (C=O) groups is 1. The van der Waals surface area contributed by atoms with Crippen LogP contribution in [0.25, 0.3) is 0 Å². The smallest absolute Gasteiger partial charge is 0.344 e. The Kier molecular flexibility index (Phi) is 8.21. The van der Waals surface area contributed by atoms with Crippen LogP contribution < -0.4 is 9.46 Å². The molecule has 0 amide bonds. The Balaban J connectivity index is 1.76. The van der Waals surface area contributed by atoms with E-state index < -0.39 is 16.0 Å². The number of nitrogens with one attached hydrogen (secondary N) is 1. The minimum absolute atomic E-state index is 0.125. The lowest BCUT2D eigenvalue weighted by Gasteiger charge is -2.19. The molecule has 0 aliphatic carbocycles. The van der Waals surface area contributed by atoms with Crippen LogP contribution in [-0.4, -0.2) is 39.1 Å². The van der Waals surface area contributed by atoms with E-state index in [9.17, 15) is 13.2 Å². The van der Waals surface area contributed by atoms with Crippen LogP contribution in [0.3, 0.4) is 0 Å². The first kappa shape index (κ1) is 23.7. The maximum absolute atomic E-state index is 12.7. The number of aromatic nitrogens is 1. The first-order valence-electron chi connectivity index (χ1n) is 9.92. The number of hydrogen-bond acceptors (Lipinski definition) is 6. The molecule has 1 aromatic heterocycles. The molecule has 0 radical (unpaired) electrons. The van der Waals surface area contributed by atoms with Crippen molar-refractivity contribution in [3.05, 3.63) is 89.2 Å². The van der Waals surface area contributed by atoms with Crippen LogP contribution in [0.15, 0.2) is 78.0 Å². The van der Waals surface area contributed by atoms with Crippen molar-refractivity contribution in [1.29, 1.82) is 0 Å². The summed E-state index contributed by atoms with van der Waals surface area (Å²) < 4.78 is 38.4. The summed E-state index contributed by atoms with van der Waals surface area (Å²) in [6.45, 7) is 1.96. The molecule has 0 bridgehead atoms. The van der Waals surface area contributed by atoms with Gasteiger partial charge in [-0.1, -0.05) is 29.8 Å². The number of hydrogen-bond donors (Lipinski definition) is 1. The summed E-state index contributed by atoms with van der Waals surface area (Å²) in [6.07, 6.45) is 3.36. The zero-order chi connectivity index (χ0) is 23.0. The molecule has 0 aliphatic rings. The lowest BCUT2D eigenvalue weighted by Crippen LogP contribution is -2.29. The number of carbonyl (C=O) groups excluding carboxylic acids is 1. The monoisotopic (exact) mass is 474 g/mol. The van der Waals surface area contributed by atoms with Gasteiger partial charge in [-0.05, 0) is 60.5 Å². The Bertz CT molecular complexity index is 1120. The van der Waals surface area contributed by atoms with Crippen molar-refractivity contribution in [2.45, 2.75) is 17.7 Å². The lowest BCUT2D eigenvalue weighted by atomic mass is 9.92. The summed E-state index contributed by atoms with van der Waals surface area (Å²) >= 11 is 5.86. The topological polar surface area (TPSA) is 94.6 Å². The molecule has 3 rings (SSSR count). The van der Waals surface area contributed by atoms with E-state index in [1.165, 1.54) is 24.3 Å². The van der Waals surface area contributed by atoms with Crippen LogP contribution in [0, 0.1) is 0 Å². The van der Waals surface area contributed by atoms with Crippen molar-refractivity contribution < 1.29 is 22.7 Å². The molecule has 1 unspecified atom stereocenters. The van der Waals surface area contributed by atoms with Crippen LogP contribution in [-0.2, 0) is 19.6 Å². The third kappa shape index (κ3) is 6.53. The van der Waals surface area contributed by atoms with Gasteiger partial charge in [-0.2, -0.15) is 0 Å². The molecule has 9 heteroatoms. The average Bonchev–Trinajstić information content (AvgIpc) is 2.80. The quantitative estimate of drug-likeness (QED) is 0.449. The van der Waals surface area contributed by atoms with Gasteiger partial charge in [0.15, 0.2) is 6.61 Å². The van der Waals surface area contributed by atoms with E-state index in [2.05, 4.69) is 9.71 Å². The highest BCUT2D eigenvalue weighted by atomic mass is 35.5. The van der Waals surface area contributed by atoms with Crippen molar-refractivity contribution in [2.24, 2.45) is 0 Å². The summed E-state index contributed by atoms with van der Waals surface area (Å²) in [4.78, 5) is 15.8. The fourth-order valence-electron chi connectivity index (χ4n) is 3.04. The van der Waals surface area contributed by atoms with E-state index in [0.29, 0.717) is 17.4 Å². The average molecular weight is 475 g/mol. The van der Waals surface area contributed by atoms with Gasteiger partial charge >= 0.3 is 5.97 Å². The predicted molar refractivity (Wildman–Crippen MR) is 121 cm³/mol. The van der Waals surface area contributed by atoms with Crippen molar-refractivity contribution in [2.75, 3.05) is 19.8 Å². The molecule has 1 atom stereocenters. The normalized spacial score (nSPS) is 12.2. The van der Waals surface area contributed by atoms with E-state index >= 15 is 0 Å². The molecule has 32 heavy (non-hydrogen) atoms. The predicted octanol–water partition coefficient (Wildman–Crippen LogP) is 3.79. The second-order valence-corrected chi connectivity index (χ2v) is 9.01. The maximum Gasteiger partial charge on any atom is 0.344 e. The summed E-state index contributed by atoms with van der Waals surface area (Å²) in [6, 6.07) is 16.8. The van der Waals surface area contributed by atoms with E-state index in [4.69, 9.17) is 21.1 Å². The van der Waals surface area contributed by atoms with E-state index in [1.54, 1.807) is 37.5 Å². The molecule has 7 nitrogen and oxygen atoms in total. The van der Waals surface area contributed by atoms with Crippen molar-refractivity contribution in [3.63, 3.8) is 0 Å². The van der Waals surface area contributed by atoms with Gasteiger partial charge in [-0.25, -0.2) is 17.9 Å². The second-order valence-electron chi connectivity index (χ2n) is 6.81. The third-order valence-electron chi connectivity index (χ3n) is 4.63. The number of ether oxygens (including phenoxy) is 2. The zero-order valence-corrected chi connectivity index (χ0v) is 19.0. The standard InChI is InChI=1S/C23H23ClN2O5S/c1-2-30-23(27)16-31-20-9-5-17(6-10-20)22(18-4-3-13-25-14-18)15-26-32(28,29)21-11-7-19(24)8-12-21/h3-14,22,26H,2,15-16H2,1H3. The van der Waals surface area contributed by atoms with Crippen LogP contribution >= 0.6 is 11.6 Å². The maximum atomic E-state index is 12.7. The molecular weight excluding hydrogens is 452 g/mol. The Morgan fingerprint density at radius 3 is 2.41 bits per heavy atom. The van der Waals surface area contributed by atoms with Gasteiger partial charge in [0.05, 0.1) is 11.5 Å². The first-order chi connectivity index (χ1) is 15.4. The van der Waals surface area contributed by atoms with Gasteiger partial charge in [0.25, 0.3) is 0 Å². The Morgan fingerprint density at radius 2 is 1.78 bits per heavy atom. The van der Waals surface area contributed by atoms with E-state index in [1.807, 2.05) is 18.2 Å². The molecule has 0 fully saturated rings. The van der Waals surface area contributed by atoms with Gasteiger partial charge in [0.2, 0.25) is 10.0 Å². The van der Waals surface area contributed by atoms with Crippen molar-refractivity contribution in [1.82, 2.24) is 9.71 Å². The number of pyridine rings is 1. The van der Waals surface area contributed by atoms with Crippen molar-refractivity contribution >= 4 is 27.6 Å². The molecule has 0 saturated carbocycles. The molecular formula is C23H23ClN2O5S.